The SMILES string of the molecule is CN=C(NCCc1ccc(OC)cc1)NCC1CN2CCN1CC2.I. The molecule has 0 radical (unpaired) electrons. The zero-order chi connectivity index (χ0) is 16.8. The van der Waals surface area contributed by atoms with Crippen LogP contribution in [0.15, 0.2) is 29.3 Å². The maximum atomic E-state index is 5.19. The number of benzene rings is 1. The molecule has 140 valence electrons. The molecule has 3 fully saturated rings. The zero-order valence-electron chi connectivity index (χ0n) is 15.2. The van der Waals surface area contributed by atoms with E-state index in [4.69, 9.17) is 4.74 Å². The maximum absolute atomic E-state index is 5.19. The fraction of sp³-hybridized carbons (Fsp3) is 0.611. The topological polar surface area (TPSA) is 52.1 Å². The van der Waals surface area contributed by atoms with Crippen molar-refractivity contribution in [3.8, 4) is 5.75 Å². The Labute approximate surface area is 168 Å². The number of guanidine groups is 1. The summed E-state index contributed by atoms with van der Waals surface area (Å²) < 4.78 is 5.19. The molecule has 7 heteroatoms. The van der Waals surface area contributed by atoms with Crippen LogP contribution in [0.4, 0.5) is 0 Å². The lowest BCUT2D eigenvalue weighted by molar-refractivity contribution is 0.0154. The van der Waals surface area contributed by atoms with Gasteiger partial charge >= 0.3 is 0 Å². The first-order valence-corrected chi connectivity index (χ1v) is 8.82. The van der Waals surface area contributed by atoms with Crippen LogP contribution in [-0.2, 0) is 6.42 Å². The minimum atomic E-state index is 0. The van der Waals surface area contributed by atoms with Gasteiger partial charge in [-0.3, -0.25) is 14.8 Å². The highest BCUT2D eigenvalue weighted by atomic mass is 127. The predicted molar refractivity (Wildman–Crippen MR) is 113 cm³/mol. The molecule has 1 aromatic rings. The first kappa shape index (κ1) is 20.3. The lowest BCUT2D eigenvalue weighted by Gasteiger charge is -2.47. The Morgan fingerprint density at radius 1 is 1.16 bits per heavy atom. The molecule has 0 aromatic heterocycles. The van der Waals surface area contributed by atoms with Gasteiger partial charge in [0.2, 0.25) is 0 Å². The quantitative estimate of drug-likeness (QED) is 0.378. The van der Waals surface area contributed by atoms with Crippen LogP contribution in [0.25, 0.3) is 0 Å². The molecular weight excluding hydrogens is 429 g/mol. The Kier molecular flexibility index (Phi) is 8.25. The molecule has 2 N–H and O–H groups in total. The largest absolute Gasteiger partial charge is 0.497 e. The molecule has 2 bridgehead atoms. The van der Waals surface area contributed by atoms with Crippen LogP contribution < -0.4 is 15.4 Å². The predicted octanol–water partition coefficient (Wildman–Crippen LogP) is 1.02. The summed E-state index contributed by atoms with van der Waals surface area (Å²) in [6.45, 7) is 7.86. The van der Waals surface area contributed by atoms with E-state index in [1.54, 1.807) is 7.11 Å². The van der Waals surface area contributed by atoms with E-state index in [2.05, 4.69) is 37.6 Å². The highest BCUT2D eigenvalue weighted by Gasteiger charge is 2.31. The summed E-state index contributed by atoms with van der Waals surface area (Å²) in [5.41, 5.74) is 1.29. The maximum Gasteiger partial charge on any atom is 0.191 e. The van der Waals surface area contributed by atoms with Gasteiger partial charge in [-0.05, 0) is 24.1 Å². The second kappa shape index (κ2) is 10.2. The van der Waals surface area contributed by atoms with Crippen molar-refractivity contribution >= 4 is 29.9 Å². The molecule has 3 aliphatic rings. The Morgan fingerprint density at radius 3 is 2.44 bits per heavy atom. The van der Waals surface area contributed by atoms with Gasteiger partial charge in [-0.1, -0.05) is 12.1 Å². The smallest absolute Gasteiger partial charge is 0.191 e. The molecule has 3 saturated heterocycles. The van der Waals surface area contributed by atoms with Crippen molar-refractivity contribution in [1.29, 1.82) is 0 Å². The summed E-state index contributed by atoms with van der Waals surface area (Å²) in [5, 5.41) is 6.88. The third-order valence-electron chi connectivity index (χ3n) is 4.99. The molecule has 1 unspecified atom stereocenters. The summed E-state index contributed by atoms with van der Waals surface area (Å²) in [6, 6.07) is 8.83. The van der Waals surface area contributed by atoms with Crippen molar-refractivity contribution in [3.05, 3.63) is 29.8 Å². The minimum Gasteiger partial charge on any atom is -0.497 e. The summed E-state index contributed by atoms with van der Waals surface area (Å²) in [6.07, 6.45) is 0.966. The second-order valence-electron chi connectivity index (χ2n) is 6.47. The highest BCUT2D eigenvalue weighted by Crippen LogP contribution is 2.14. The van der Waals surface area contributed by atoms with E-state index in [1.807, 2.05) is 19.2 Å². The molecular formula is C18H30IN5O. The van der Waals surface area contributed by atoms with E-state index in [0.717, 1.165) is 31.2 Å². The number of hydrogen-bond donors (Lipinski definition) is 2. The third-order valence-corrected chi connectivity index (χ3v) is 4.99. The molecule has 4 rings (SSSR count). The number of piperazine rings is 3. The summed E-state index contributed by atoms with van der Waals surface area (Å²) in [7, 11) is 3.53. The molecule has 0 amide bonds. The van der Waals surface area contributed by atoms with E-state index in [9.17, 15) is 0 Å². The number of rotatable bonds is 6. The average molecular weight is 459 g/mol. The number of hydrogen-bond acceptors (Lipinski definition) is 4. The van der Waals surface area contributed by atoms with Crippen molar-refractivity contribution in [2.24, 2.45) is 4.99 Å². The zero-order valence-corrected chi connectivity index (χ0v) is 17.5. The number of aliphatic imine (C=N–C) groups is 1. The van der Waals surface area contributed by atoms with Crippen LogP contribution in [0.5, 0.6) is 5.75 Å². The van der Waals surface area contributed by atoms with E-state index < -0.39 is 0 Å². The summed E-state index contributed by atoms with van der Waals surface area (Å²) in [4.78, 5) is 9.49. The van der Waals surface area contributed by atoms with Crippen molar-refractivity contribution in [1.82, 2.24) is 20.4 Å². The molecule has 3 aliphatic heterocycles. The number of methoxy groups -OCH3 is 1. The van der Waals surface area contributed by atoms with E-state index >= 15 is 0 Å². The van der Waals surface area contributed by atoms with Crippen molar-refractivity contribution in [2.45, 2.75) is 12.5 Å². The second-order valence-corrected chi connectivity index (χ2v) is 6.47. The molecule has 0 saturated carbocycles. The van der Waals surface area contributed by atoms with Gasteiger partial charge < -0.3 is 15.4 Å². The summed E-state index contributed by atoms with van der Waals surface area (Å²) >= 11 is 0. The standard InChI is InChI=1S/C18H29N5O.HI/c1-19-18(20-8-7-15-3-5-17(24-2)6-4-15)21-13-16-14-22-9-11-23(16)12-10-22;/h3-6,16H,7-14H2,1-2H3,(H2,19,20,21);1H. The molecule has 0 aliphatic carbocycles. The van der Waals surface area contributed by atoms with Crippen molar-refractivity contribution in [2.75, 3.05) is 60.0 Å². The van der Waals surface area contributed by atoms with Crippen LogP contribution in [0.2, 0.25) is 0 Å². The minimum absolute atomic E-state index is 0. The Bertz CT molecular complexity index is 543. The van der Waals surface area contributed by atoms with Crippen molar-refractivity contribution < 1.29 is 4.74 Å². The van der Waals surface area contributed by atoms with Gasteiger partial charge in [0.05, 0.1) is 7.11 Å². The first-order chi connectivity index (χ1) is 11.8. The highest BCUT2D eigenvalue weighted by molar-refractivity contribution is 14.0. The molecule has 3 heterocycles. The van der Waals surface area contributed by atoms with Crippen LogP contribution in [0.3, 0.4) is 0 Å². The molecule has 0 spiro atoms. The van der Waals surface area contributed by atoms with Crippen LogP contribution in [0, 0.1) is 0 Å². The van der Waals surface area contributed by atoms with Crippen molar-refractivity contribution in [3.63, 3.8) is 0 Å². The van der Waals surface area contributed by atoms with E-state index in [-0.39, 0.29) is 24.0 Å². The van der Waals surface area contributed by atoms with Gasteiger partial charge in [0.1, 0.15) is 5.75 Å². The number of halogens is 1. The van der Waals surface area contributed by atoms with Gasteiger partial charge in [0.15, 0.2) is 5.96 Å². The molecule has 1 atom stereocenters. The van der Waals surface area contributed by atoms with Crippen LogP contribution >= 0.6 is 24.0 Å². The monoisotopic (exact) mass is 459 g/mol. The molecule has 25 heavy (non-hydrogen) atoms. The Hall–Kier alpha value is -1.06. The average Bonchev–Trinajstić information content (AvgIpc) is 2.66. The number of fused-ring (bicyclic) bond motifs is 3. The fourth-order valence-electron chi connectivity index (χ4n) is 3.47. The summed E-state index contributed by atoms with van der Waals surface area (Å²) in [5.74, 6) is 1.79. The number of nitrogens with one attached hydrogen (secondary N) is 2. The Morgan fingerprint density at radius 2 is 1.88 bits per heavy atom. The third kappa shape index (κ3) is 5.72. The Balaban J connectivity index is 0.00000225. The van der Waals surface area contributed by atoms with Gasteiger partial charge in [0.25, 0.3) is 0 Å². The number of nitrogens with zero attached hydrogens (tertiary/aromatic N) is 3. The van der Waals surface area contributed by atoms with E-state index in [1.165, 1.54) is 38.3 Å². The normalized spacial score (nSPS) is 25.2. The van der Waals surface area contributed by atoms with Gasteiger partial charge in [-0.25, -0.2) is 0 Å². The van der Waals surface area contributed by atoms with Gasteiger partial charge in [-0.2, -0.15) is 0 Å². The lowest BCUT2D eigenvalue weighted by Crippen LogP contribution is -2.63. The van der Waals surface area contributed by atoms with Gasteiger partial charge in [0, 0.05) is 58.9 Å². The van der Waals surface area contributed by atoms with E-state index in [0.29, 0.717) is 6.04 Å². The molecule has 1 aromatic carbocycles. The van der Waals surface area contributed by atoms with Gasteiger partial charge in [-0.15, -0.1) is 24.0 Å². The molecule has 6 nitrogen and oxygen atoms in total. The van der Waals surface area contributed by atoms with Crippen LogP contribution in [0.1, 0.15) is 5.56 Å². The number of ether oxygens (including phenoxy) is 1. The van der Waals surface area contributed by atoms with Crippen LogP contribution in [-0.4, -0.2) is 81.8 Å². The lowest BCUT2D eigenvalue weighted by atomic mass is 10.1. The fourth-order valence-corrected chi connectivity index (χ4v) is 3.47. The first-order valence-electron chi connectivity index (χ1n) is 8.82.